The lowest BCUT2D eigenvalue weighted by atomic mass is 10.1. The highest BCUT2D eigenvalue weighted by molar-refractivity contribution is 6.07. The number of amides is 1. The maximum atomic E-state index is 13.6. The van der Waals surface area contributed by atoms with Crippen molar-refractivity contribution in [1.82, 2.24) is 0 Å². The van der Waals surface area contributed by atoms with Crippen LogP contribution in [0.25, 0.3) is 0 Å². The fourth-order valence-corrected chi connectivity index (χ4v) is 1.84. The van der Waals surface area contributed by atoms with Crippen molar-refractivity contribution in [3.8, 4) is 11.5 Å². The molecule has 5 heteroatoms. The lowest BCUT2D eigenvalue weighted by Crippen LogP contribution is -2.14. The van der Waals surface area contributed by atoms with E-state index in [1.54, 1.807) is 12.1 Å². The van der Waals surface area contributed by atoms with E-state index in [2.05, 4.69) is 5.32 Å². The number of hydrogen-bond donors (Lipinski definition) is 2. The third kappa shape index (κ3) is 2.71. The minimum absolute atomic E-state index is 0.393. The zero-order chi connectivity index (χ0) is 14.7. The van der Waals surface area contributed by atoms with Gasteiger partial charge >= 0.3 is 0 Å². The monoisotopic (exact) mass is 275 g/mol. The first-order valence-corrected chi connectivity index (χ1v) is 5.96. The van der Waals surface area contributed by atoms with E-state index in [0.29, 0.717) is 11.4 Å². The first-order chi connectivity index (χ1) is 9.52. The molecule has 0 aliphatic heterocycles. The molecule has 2 rings (SSSR count). The molecule has 0 aliphatic carbocycles. The van der Waals surface area contributed by atoms with E-state index >= 15 is 0 Å². The van der Waals surface area contributed by atoms with Crippen molar-refractivity contribution in [2.75, 3.05) is 12.4 Å². The molecule has 0 radical (unpaired) electrons. The summed E-state index contributed by atoms with van der Waals surface area (Å²) < 4.78 is 18.7. The summed E-state index contributed by atoms with van der Waals surface area (Å²) in [6, 6.07) is 8.93. The van der Waals surface area contributed by atoms with Gasteiger partial charge in [0.15, 0.2) is 0 Å². The number of benzene rings is 2. The predicted molar refractivity (Wildman–Crippen MR) is 73.7 cm³/mol. The zero-order valence-electron chi connectivity index (χ0n) is 11.1. The number of ether oxygens (including phenoxy) is 1. The quantitative estimate of drug-likeness (QED) is 0.905. The van der Waals surface area contributed by atoms with Crippen molar-refractivity contribution in [3.63, 3.8) is 0 Å². The number of phenols is 1. The highest BCUT2D eigenvalue weighted by atomic mass is 19.1. The molecule has 20 heavy (non-hydrogen) atoms. The van der Waals surface area contributed by atoms with Gasteiger partial charge in [-0.3, -0.25) is 4.79 Å². The van der Waals surface area contributed by atoms with Crippen molar-refractivity contribution in [2.45, 2.75) is 6.92 Å². The number of hydrogen-bond acceptors (Lipinski definition) is 3. The lowest BCUT2D eigenvalue weighted by Gasteiger charge is -2.12. The standard InChI is InChI=1S/C15H14FNO3/c1-9-6-7-13(20-2)11(8-9)17-15(19)14-10(16)4-3-5-12(14)18/h3-8,18H,1-2H3,(H,17,19). The summed E-state index contributed by atoms with van der Waals surface area (Å²) in [5.41, 5.74) is 0.940. The molecule has 4 nitrogen and oxygen atoms in total. The summed E-state index contributed by atoms with van der Waals surface area (Å²) in [5.74, 6) is -1.47. The van der Waals surface area contributed by atoms with Gasteiger partial charge in [-0.05, 0) is 36.8 Å². The topological polar surface area (TPSA) is 58.6 Å². The van der Waals surface area contributed by atoms with Crippen LogP contribution in [-0.4, -0.2) is 18.1 Å². The van der Waals surface area contributed by atoms with Crippen LogP contribution < -0.4 is 10.1 Å². The highest BCUT2D eigenvalue weighted by Gasteiger charge is 2.18. The normalized spacial score (nSPS) is 10.2. The van der Waals surface area contributed by atoms with E-state index in [0.717, 1.165) is 11.6 Å². The maximum absolute atomic E-state index is 13.6. The predicted octanol–water partition coefficient (Wildman–Crippen LogP) is 3.10. The van der Waals surface area contributed by atoms with E-state index < -0.39 is 23.0 Å². The second-order valence-electron chi connectivity index (χ2n) is 4.29. The molecule has 0 atom stereocenters. The molecule has 0 saturated carbocycles. The number of anilines is 1. The Morgan fingerprint density at radius 2 is 2.05 bits per heavy atom. The molecular formula is C15H14FNO3. The summed E-state index contributed by atoms with van der Waals surface area (Å²) in [6.07, 6.45) is 0. The fraction of sp³-hybridized carbons (Fsp3) is 0.133. The second-order valence-corrected chi connectivity index (χ2v) is 4.29. The van der Waals surface area contributed by atoms with Crippen LogP contribution in [0.2, 0.25) is 0 Å². The molecule has 2 aromatic rings. The second kappa shape index (κ2) is 5.61. The van der Waals surface area contributed by atoms with Gasteiger partial charge in [-0.25, -0.2) is 4.39 Å². The largest absolute Gasteiger partial charge is 0.507 e. The summed E-state index contributed by atoms with van der Waals surface area (Å²) in [6.45, 7) is 1.86. The average Bonchev–Trinajstić information content (AvgIpc) is 2.38. The number of nitrogens with one attached hydrogen (secondary N) is 1. The Bertz CT molecular complexity index is 635. The zero-order valence-corrected chi connectivity index (χ0v) is 11.1. The molecule has 0 aromatic heterocycles. The Kier molecular flexibility index (Phi) is 3.89. The number of methoxy groups -OCH3 is 1. The van der Waals surface area contributed by atoms with Gasteiger partial charge < -0.3 is 15.2 Å². The van der Waals surface area contributed by atoms with Crippen molar-refractivity contribution in [3.05, 3.63) is 53.3 Å². The number of carbonyl (C=O) groups is 1. The van der Waals surface area contributed by atoms with Crippen LogP contribution in [0.15, 0.2) is 36.4 Å². The molecule has 0 aliphatic rings. The number of aryl methyl sites for hydroxylation is 1. The molecule has 0 fully saturated rings. The average molecular weight is 275 g/mol. The Morgan fingerprint density at radius 3 is 2.70 bits per heavy atom. The molecule has 0 bridgehead atoms. The summed E-state index contributed by atoms with van der Waals surface area (Å²) in [7, 11) is 1.47. The van der Waals surface area contributed by atoms with Gasteiger partial charge in [-0.1, -0.05) is 12.1 Å². The Balaban J connectivity index is 2.35. The van der Waals surface area contributed by atoms with Crippen LogP contribution in [-0.2, 0) is 0 Å². The van der Waals surface area contributed by atoms with E-state index in [1.807, 2.05) is 13.0 Å². The van der Waals surface area contributed by atoms with Crippen molar-refractivity contribution >= 4 is 11.6 Å². The van der Waals surface area contributed by atoms with Gasteiger partial charge in [-0.2, -0.15) is 0 Å². The van der Waals surface area contributed by atoms with E-state index in [9.17, 15) is 14.3 Å². The smallest absolute Gasteiger partial charge is 0.262 e. The molecule has 1 amide bonds. The minimum atomic E-state index is -0.783. The van der Waals surface area contributed by atoms with Gasteiger partial charge in [0, 0.05) is 0 Å². The summed E-state index contributed by atoms with van der Waals surface area (Å²) in [5, 5.41) is 12.1. The molecular weight excluding hydrogens is 261 g/mol. The number of carbonyl (C=O) groups excluding carboxylic acids is 1. The highest BCUT2D eigenvalue weighted by Crippen LogP contribution is 2.27. The lowest BCUT2D eigenvalue weighted by molar-refractivity contribution is 0.102. The van der Waals surface area contributed by atoms with Gasteiger partial charge in [0.1, 0.15) is 22.9 Å². The Morgan fingerprint density at radius 1 is 1.30 bits per heavy atom. The molecule has 0 spiro atoms. The SMILES string of the molecule is COc1ccc(C)cc1NC(=O)c1c(O)cccc1F. The van der Waals surface area contributed by atoms with Crippen molar-refractivity contribution < 1.29 is 19.0 Å². The van der Waals surface area contributed by atoms with Crippen LogP contribution >= 0.6 is 0 Å². The molecule has 0 unspecified atom stereocenters. The Labute approximate surface area is 115 Å². The van der Waals surface area contributed by atoms with Crippen LogP contribution in [0.4, 0.5) is 10.1 Å². The number of aromatic hydroxyl groups is 1. The van der Waals surface area contributed by atoms with Crippen LogP contribution in [0.1, 0.15) is 15.9 Å². The van der Waals surface area contributed by atoms with E-state index in [1.165, 1.54) is 19.2 Å². The van der Waals surface area contributed by atoms with Crippen molar-refractivity contribution in [2.24, 2.45) is 0 Å². The first kappa shape index (κ1) is 13.9. The van der Waals surface area contributed by atoms with E-state index in [-0.39, 0.29) is 0 Å². The molecule has 104 valence electrons. The number of halogens is 1. The fourth-order valence-electron chi connectivity index (χ4n) is 1.84. The molecule has 0 saturated heterocycles. The Hall–Kier alpha value is -2.56. The third-order valence-corrected chi connectivity index (χ3v) is 2.82. The third-order valence-electron chi connectivity index (χ3n) is 2.82. The van der Waals surface area contributed by atoms with Crippen molar-refractivity contribution in [1.29, 1.82) is 0 Å². The van der Waals surface area contributed by atoms with Gasteiger partial charge in [0.2, 0.25) is 0 Å². The first-order valence-electron chi connectivity index (χ1n) is 5.96. The van der Waals surface area contributed by atoms with Gasteiger partial charge in [-0.15, -0.1) is 0 Å². The van der Waals surface area contributed by atoms with E-state index in [4.69, 9.17) is 4.74 Å². The summed E-state index contributed by atoms with van der Waals surface area (Å²) in [4.78, 5) is 12.1. The molecule has 0 heterocycles. The summed E-state index contributed by atoms with van der Waals surface area (Å²) >= 11 is 0. The minimum Gasteiger partial charge on any atom is -0.507 e. The maximum Gasteiger partial charge on any atom is 0.262 e. The van der Waals surface area contributed by atoms with Crippen LogP contribution in [0.5, 0.6) is 11.5 Å². The number of rotatable bonds is 3. The number of phenolic OH excluding ortho intramolecular Hbond substituents is 1. The van der Waals surface area contributed by atoms with Crippen LogP contribution in [0, 0.1) is 12.7 Å². The molecule has 2 aromatic carbocycles. The molecule has 2 N–H and O–H groups in total. The van der Waals surface area contributed by atoms with Gasteiger partial charge in [0.25, 0.3) is 5.91 Å². The van der Waals surface area contributed by atoms with Gasteiger partial charge in [0.05, 0.1) is 12.8 Å². The van der Waals surface area contributed by atoms with Crippen LogP contribution in [0.3, 0.4) is 0 Å².